The summed E-state index contributed by atoms with van der Waals surface area (Å²) >= 11 is 0. The summed E-state index contributed by atoms with van der Waals surface area (Å²) in [4.78, 5) is 19.9. The van der Waals surface area contributed by atoms with E-state index in [1.807, 2.05) is 12.1 Å². The molecule has 2 fully saturated rings. The van der Waals surface area contributed by atoms with Gasteiger partial charge >= 0.3 is 0 Å². The van der Waals surface area contributed by atoms with Crippen molar-refractivity contribution in [1.82, 2.24) is 9.29 Å². The van der Waals surface area contributed by atoms with Crippen LogP contribution in [0.25, 0.3) is 10.9 Å². The third-order valence-electron chi connectivity index (χ3n) is 6.58. The van der Waals surface area contributed by atoms with Gasteiger partial charge in [0.15, 0.2) is 0 Å². The maximum absolute atomic E-state index is 13.1. The number of hydrogen-bond acceptors (Lipinski definition) is 5. The van der Waals surface area contributed by atoms with Crippen LogP contribution in [0.5, 0.6) is 0 Å². The van der Waals surface area contributed by atoms with Crippen LogP contribution >= 0.6 is 0 Å². The molecule has 0 aliphatic carbocycles. The number of benzene rings is 2. The van der Waals surface area contributed by atoms with E-state index >= 15 is 0 Å². The number of piperidine rings is 1. The largest absolute Gasteiger partial charge is 0.356 e. The van der Waals surface area contributed by atoms with E-state index in [1.54, 1.807) is 34.6 Å². The molecule has 0 spiro atoms. The molecule has 2 saturated heterocycles. The number of pyridine rings is 1. The number of carbonyl (C=O) groups excluding carboxylic acids is 1. The number of amides is 1. The predicted molar refractivity (Wildman–Crippen MR) is 130 cm³/mol. The van der Waals surface area contributed by atoms with Gasteiger partial charge in [0, 0.05) is 37.3 Å². The monoisotopic (exact) mass is 482 g/mol. The number of nitrogens with one attached hydrogen (secondary N) is 1. The number of halogens is 1. The highest BCUT2D eigenvalue weighted by molar-refractivity contribution is 7.89. The highest BCUT2D eigenvalue weighted by Crippen LogP contribution is 2.28. The molecule has 1 amide bonds. The first kappa shape index (κ1) is 22.7. The zero-order chi connectivity index (χ0) is 23.7. The fraction of sp³-hybridized carbons (Fsp3) is 0.360. The van der Waals surface area contributed by atoms with Crippen molar-refractivity contribution in [2.24, 2.45) is 5.92 Å². The molecule has 34 heavy (non-hydrogen) atoms. The van der Waals surface area contributed by atoms with E-state index in [9.17, 15) is 17.6 Å². The van der Waals surface area contributed by atoms with Crippen LogP contribution in [-0.2, 0) is 14.8 Å². The van der Waals surface area contributed by atoms with Crippen LogP contribution in [0.1, 0.15) is 25.7 Å². The minimum Gasteiger partial charge on any atom is -0.356 e. The maximum atomic E-state index is 13.1. The number of nitrogens with zero attached hydrogens (tertiary/aromatic N) is 3. The average Bonchev–Trinajstić information content (AvgIpc) is 3.41. The topological polar surface area (TPSA) is 82.6 Å². The Morgan fingerprint density at radius 3 is 2.50 bits per heavy atom. The van der Waals surface area contributed by atoms with Gasteiger partial charge in [0.1, 0.15) is 11.6 Å². The second kappa shape index (κ2) is 9.31. The third-order valence-corrected chi connectivity index (χ3v) is 8.47. The van der Waals surface area contributed by atoms with Gasteiger partial charge in [-0.3, -0.25) is 4.79 Å². The first-order chi connectivity index (χ1) is 16.4. The first-order valence-electron chi connectivity index (χ1n) is 11.6. The van der Waals surface area contributed by atoms with Crippen molar-refractivity contribution in [2.75, 3.05) is 36.4 Å². The summed E-state index contributed by atoms with van der Waals surface area (Å²) in [6.07, 6.45) is 3.43. The summed E-state index contributed by atoms with van der Waals surface area (Å²) in [6, 6.07) is 14.6. The Hall–Kier alpha value is -3.04. The zero-order valence-electron chi connectivity index (χ0n) is 18.8. The number of hydrogen-bond donors (Lipinski definition) is 1. The predicted octanol–water partition coefficient (Wildman–Crippen LogP) is 4.01. The van der Waals surface area contributed by atoms with Crippen molar-refractivity contribution in [3.63, 3.8) is 0 Å². The molecule has 2 aliphatic heterocycles. The molecule has 1 unspecified atom stereocenters. The van der Waals surface area contributed by atoms with Gasteiger partial charge in [-0.1, -0.05) is 0 Å². The van der Waals surface area contributed by atoms with Crippen molar-refractivity contribution in [1.29, 1.82) is 0 Å². The van der Waals surface area contributed by atoms with Crippen molar-refractivity contribution in [2.45, 2.75) is 30.6 Å². The van der Waals surface area contributed by atoms with Gasteiger partial charge in [0.25, 0.3) is 0 Å². The lowest BCUT2D eigenvalue weighted by Crippen LogP contribution is -2.41. The van der Waals surface area contributed by atoms with E-state index in [-0.39, 0.29) is 17.6 Å². The Morgan fingerprint density at radius 1 is 0.971 bits per heavy atom. The number of carbonyl (C=O) groups is 1. The number of sulfonamides is 1. The fourth-order valence-electron chi connectivity index (χ4n) is 4.68. The number of anilines is 2. The Balaban J connectivity index is 1.31. The van der Waals surface area contributed by atoms with E-state index in [1.165, 1.54) is 12.1 Å². The summed E-state index contributed by atoms with van der Waals surface area (Å²) in [7, 11) is -3.48. The van der Waals surface area contributed by atoms with E-state index in [0.717, 1.165) is 48.9 Å². The molecule has 2 aliphatic rings. The van der Waals surface area contributed by atoms with Crippen molar-refractivity contribution < 1.29 is 17.6 Å². The standard InChI is InChI=1S/C25H27FN4O3S/c26-20-6-8-21(9-7-20)27-25(31)19-4-3-13-29(17-19)24-12-5-18-16-22(10-11-23(18)28-24)34(32,33)30-14-1-2-15-30/h5-12,16,19H,1-4,13-15,17H2,(H,27,31). The molecule has 9 heteroatoms. The Morgan fingerprint density at radius 2 is 1.74 bits per heavy atom. The quantitative estimate of drug-likeness (QED) is 0.594. The smallest absolute Gasteiger partial charge is 0.243 e. The van der Waals surface area contributed by atoms with Crippen LogP contribution in [-0.4, -0.2) is 49.8 Å². The van der Waals surface area contributed by atoms with Gasteiger partial charge in [-0.15, -0.1) is 0 Å². The number of rotatable bonds is 5. The summed E-state index contributed by atoms with van der Waals surface area (Å²) in [5.74, 6) is 0.130. The molecule has 3 aromatic rings. The molecule has 3 heterocycles. The van der Waals surface area contributed by atoms with Gasteiger partial charge < -0.3 is 10.2 Å². The van der Waals surface area contributed by atoms with E-state index in [0.29, 0.717) is 30.2 Å². The summed E-state index contributed by atoms with van der Waals surface area (Å²) in [5.41, 5.74) is 1.29. The highest BCUT2D eigenvalue weighted by atomic mass is 32.2. The Bertz CT molecular complexity index is 1310. The maximum Gasteiger partial charge on any atom is 0.243 e. The number of fused-ring (bicyclic) bond motifs is 1. The molecule has 1 aromatic heterocycles. The Kier molecular flexibility index (Phi) is 6.22. The first-order valence-corrected chi connectivity index (χ1v) is 13.1. The van der Waals surface area contributed by atoms with Crippen LogP contribution < -0.4 is 10.2 Å². The van der Waals surface area contributed by atoms with Crippen molar-refractivity contribution in [3.05, 3.63) is 60.4 Å². The highest BCUT2D eigenvalue weighted by Gasteiger charge is 2.28. The SMILES string of the molecule is O=C(Nc1ccc(F)cc1)C1CCCN(c2ccc3cc(S(=O)(=O)N4CCCC4)ccc3n2)C1. The van der Waals surface area contributed by atoms with Crippen molar-refractivity contribution in [3.8, 4) is 0 Å². The van der Waals surface area contributed by atoms with Crippen molar-refractivity contribution >= 4 is 38.3 Å². The van der Waals surface area contributed by atoms with Gasteiger partial charge in [-0.2, -0.15) is 4.31 Å². The lowest BCUT2D eigenvalue weighted by atomic mass is 9.97. The molecular formula is C25H27FN4O3S. The third kappa shape index (κ3) is 4.63. The lowest BCUT2D eigenvalue weighted by molar-refractivity contribution is -0.120. The van der Waals surface area contributed by atoms with Gasteiger partial charge in [-0.25, -0.2) is 17.8 Å². The minimum atomic E-state index is -3.48. The van der Waals surface area contributed by atoms with Crippen LogP contribution in [0.3, 0.4) is 0 Å². The summed E-state index contributed by atoms with van der Waals surface area (Å²) in [6.45, 7) is 2.47. The van der Waals surface area contributed by atoms with E-state index in [4.69, 9.17) is 4.98 Å². The molecule has 0 saturated carbocycles. The van der Waals surface area contributed by atoms with Crippen LogP contribution in [0.15, 0.2) is 59.5 Å². The second-order valence-corrected chi connectivity index (χ2v) is 10.9. The van der Waals surface area contributed by atoms with Crippen LogP contribution in [0.4, 0.5) is 15.9 Å². The van der Waals surface area contributed by atoms with E-state index in [2.05, 4.69) is 10.2 Å². The molecule has 7 nitrogen and oxygen atoms in total. The van der Waals surface area contributed by atoms with Gasteiger partial charge in [-0.05, 0) is 80.3 Å². The summed E-state index contributed by atoms with van der Waals surface area (Å²) in [5, 5.41) is 3.64. The molecule has 0 bridgehead atoms. The van der Waals surface area contributed by atoms with Crippen LogP contribution in [0, 0.1) is 11.7 Å². The van der Waals surface area contributed by atoms with Crippen LogP contribution in [0.2, 0.25) is 0 Å². The molecule has 1 N–H and O–H groups in total. The zero-order valence-corrected chi connectivity index (χ0v) is 19.6. The molecule has 2 aromatic carbocycles. The molecule has 178 valence electrons. The molecular weight excluding hydrogens is 455 g/mol. The fourth-order valence-corrected chi connectivity index (χ4v) is 6.24. The summed E-state index contributed by atoms with van der Waals surface area (Å²) < 4.78 is 40.4. The second-order valence-electron chi connectivity index (χ2n) is 8.92. The molecule has 1 atom stereocenters. The van der Waals surface area contributed by atoms with Gasteiger partial charge in [0.05, 0.1) is 16.3 Å². The van der Waals surface area contributed by atoms with Gasteiger partial charge in [0.2, 0.25) is 15.9 Å². The minimum absolute atomic E-state index is 0.0890. The number of aromatic nitrogens is 1. The normalized spacial score (nSPS) is 19.4. The van der Waals surface area contributed by atoms with E-state index < -0.39 is 10.0 Å². The molecule has 0 radical (unpaired) electrons. The average molecular weight is 483 g/mol. The lowest BCUT2D eigenvalue weighted by Gasteiger charge is -2.33. The molecule has 5 rings (SSSR count). The Labute approximate surface area is 198 Å².